The van der Waals surface area contributed by atoms with Crippen LogP contribution < -0.4 is 20.7 Å². The third-order valence-corrected chi connectivity index (χ3v) is 5.06. The van der Waals surface area contributed by atoms with Gasteiger partial charge in [-0.15, -0.1) is 0 Å². The Morgan fingerprint density at radius 1 is 1.07 bits per heavy atom. The van der Waals surface area contributed by atoms with E-state index in [9.17, 15) is 9.59 Å². The van der Waals surface area contributed by atoms with Crippen LogP contribution in [0.15, 0.2) is 54.6 Å². The van der Waals surface area contributed by atoms with Crippen LogP contribution in [0.25, 0.3) is 0 Å². The summed E-state index contributed by atoms with van der Waals surface area (Å²) in [5.41, 5.74) is 1.68. The van der Waals surface area contributed by atoms with Crippen molar-refractivity contribution in [3.8, 4) is 5.75 Å². The van der Waals surface area contributed by atoms with Gasteiger partial charge >= 0.3 is 0 Å². The maximum absolute atomic E-state index is 13.0. The fourth-order valence-corrected chi connectivity index (χ4v) is 3.46. The van der Waals surface area contributed by atoms with Crippen LogP contribution in [0.3, 0.4) is 0 Å². The summed E-state index contributed by atoms with van der Waals surface area (Å²) in [6.45, 7) is 4.18. The normalized spacial score (nSPS) is 15.3. The van der Waals surface area contributed by atoms with Crippen molar-refractivity contribution in [1.82, 2.24) is 10.6 Å². The Morgan fingerprint density at radius 2 is 1.76 bits per heavy atom. The predicted octanol–water partition coefficient (Wildman–Crippen LogP) is 2.75. The molecule has 2 aromatic rings. The molecule has 1 aliphatic heterocycles. The van der Waals surface area contributed by atoms with Crippen LogP contribution in [0.5, 0.6) is 5.75 Å². The number of carbonyl (C=O) groups excluding carboxylic acids is 2. The molecule has 6 heteroatoms. The van der Waals surface area contributed by atoms with Crippen molar-refractivity contribution < 1.29 is 14.3 Å². The lowest BCUT2D eigenvalue weighted by molar-refractivity contribution is -0.129. The zero-order valence-corrected chi connectivity index (χ0v) is 16.8. The summed E-state index contributed by atoms with van der Waals surface area (Å²) in [6.07, 6.45) is 2.04. The summed E-state index contributed by atoms with van der Waals surface area (Å²) in [6, 6.07) is 16.3. The quantitative estimate of drug-likeness (QED) is 0.642. The molecule has 1 aliphatic rings. The average molecular weight is 396 g/mol. The van der Waals surface area contributed by atoms with E-state index in [0.29, 0.717) is 18.7 Å². The van der Waals surface area contributed by atoms with E-state index in [1.54, 1.807) is 12.1 Å². The molecule has 1 fully saturated rings. The second-order valence-corrected chi connectivity index (χ2v) is 7.22. The van der Waals surface area contributed by atoms with Gasteiger partial charge < -0.3 is 20.7 Å². The van der Waals surface area contributed by atoms with E-state index in [-0.39, 0.29) is 17.7 Å². The van der Waals surface area contributed by atoms with Gasteiger partial charge in [0, 0.05) is 18.0 Å². The number of piperidine rings is 1. The second kappa shape index (κ2) is 10.6. The molecule has 0 spiro atoms. The number of nitrogens with one attached hydrogen (secondary N) is 3. The van der Waals surface area contributed by atoms with Crippen molar-refractivity contribution in [2.75, 3.05) is 25.0 Å². The molecule has 0 bridgehead atoms. The van der Waals surface area contributed by atoms with E-state index in [2.05, 4.69) is 16.0 Å². The Bertz CT molecular complexity index is 787. The zero-order valence-electron chi connectivity index (χ0n) is 16.8. The zero-order chi connectivity index (χ0) is 20.5. The van der Waals surface area contributed by atoms with E-state index < -0.39 is 6.04 Å². The van der Waals surface area contributed by atoms with E-state index >= 15 is 0 Å². The SMILES string of the molecule is CCOc1ccc(NC(=O)[C@H](Cc2ccccc2)NC(=O)C2CCNCC2)cc1. The Kier molecular flexibility index (Phi) is 7.64. The fourth-order valence-electron chi connectivity index (χ4n) is 3.46. The molecule has 0 radical (unpaired) electrons. The molecule has 1 atom stereocenters. The number of ether oxygens (including phenoxy) is 1. The van der Waals surface area contributed by atoms with Gasteiger partial charge in [0.25, 0.3) is 0 Å². The molecule has 3 N–H and O–H groups in total. The first-order valence-electron chi connectivity index (χ1n) is 10.2. The molecule has 2 amide bonds. The smallest absolute Gasteiger partial charge is 0.247 e. The average Bonchev–Trinajstić information content (AvgIpc) is 2.76. The molecule has 0 aromatic heterocycles. The van der Waals surface area contributed by atoms with Crippen LogP contribution in [0.4, 0.5) is 5.69 Å². The summed E-state index contributed by atoms with van der Waals surface area (Å²) in [5, 5.41) is 9.16. The molecular weight excluding hydrogens is 366 g/mol. The van der Waals surface area contributed by atoms with Crippen molar-refractivity contribution in [3.63, 3.8) is 0 Å². The van der Waals surface area contributed by atoms with Crippen molar-refractivity contribution in [2.45, 2.75) is 32.2 Å². The van der Waals surface area contributed by atoms with Crippen LogP contribution in [-0.4, -0.2) is 37.6 Å². The van der Waals surface area contributed by atoms with E-state index in [1.165, 1.54) is 0 Å². The van der Waals surface area contributed by atoms with Crippen LogP contribution >= 0.6 is 0 Å². The highest BCUT2D eigenvalue weighted by Crippen LogP contribution is 2.17. The van der Waals surface area contributed by atoms with E-state index in [1.807, 2.05) is 49.4 Å². The predicted molar refractivity (Wildman–Crippen MR) is 114 cm³/mol. The topological polar surface area (TPSA) is 79.5 Å². The van der Waals surface area contributed by atoms with Gasteiger partial charge in [-0.1, -0.05) is 30.3 Å². The summed E-state index contributed by atoms with van der Waals surface area (Å²) in [4.78, 5) is 25.7. The number of rotatable bonds is 8. The molecule has 0 unspecified atom stereocenters. The van der Waals surface area contributed by atoms with Crippen LogP contribution in [-0.2, 0) is 16.0 Å². The van der Waals surface area contributed by atoms with Crippen LogP contribution in [0, 0.1) is 5.92 Å². The molecule has 1 saturated heterocycles. The van der Waals surface area contributed by atoms with Crippen molar-refractivity contribution in [1.29, 1.82) is 0 Å². The maximum Gasteiger partial charge on any atom is 0.247 e. The van der Waals surface area contributed by atoms with Gasteiger partial charge in [-0.2, -0.15) is 0 Å². The van der Waals surface area contributed by atoms with Gasteiger partial charge in [0.15, 0.2) is 0 Å². The highest BCUT2D eigenvalue weighted by atomic mass is 16.5. The van der Waals surface area contributed by atoms with Gasteiger partial charge in [0.1, 0.15) is 11.8 Å². The Balaban J connectivity index is 1.68. The Morgan fingerprint density at radius 3 is 2.41 bits per heavy atom. The Hall–Kier alpha value is -2.86. The van der Waals surface area contributed by atoms with E-state index in [0.717, 1.165) is 37.2 Å². The highest BCUT2D eigenvalue weighted by molar-refractivity contribution is 5.97. The first-order valence-corrected chi connectivity index (χ1v) is 10.2. The minimum Gasteiger partial charge on any atom is -0.494 e. The summed E-state index contributed by atoms with van der Waals surface area (Å²) in [5.74, 6) is 0.438. The first kappa shape index (κ1) is 20.9. The van der Waals surface area contributed by atoms with Gasteiger partial charge in [-0.25, -0.2) is 0 Å². The van der Waals surface area contributed by atoms with E-state index in [4.69, 9.17) is 4.74 Å². The summed E-state index contributed by atoms with van der Waals surface area (Å²) < 4.78 is 5.44. The molecule has 0 aliphatic carbocycles. The number of carbonyl (C=O) groups is 2. The van der Waals surface area contributed by atoms with Crippen molar-refractivity contribution in [2.24, 2.45) is 5.92 Å². The minimum atomic E-state index is -0.633. The highest BCUT2D eigenvalue weighted by Gasteiger charge is 2.27. The van der Waals surface area contributed by atoms with Gasteiger partial charge in [0.2, 0.25) is 11.8 Å². The van der Waals surface area contributed by atoms with Gasteiger partial charge in [-0.3, -0.25) is 9.59 Å². The maximum atomic E-state index is 13.0. The molecule has 6 nitrogen and oxygen atoms in total. The number of hydrogen-bond donors (Lipinski definition) is 3. The standard InChI is InChI=1S/C23H29N3O3/c1-2-29-20-10-8-19(9-11-20)25-23(28)21(16-17-6-4-3-5-7-17)26-22(27)18-12-14-24-15-13-18/h3-11,18,21,24H,2,12-16H2,1H3,(H,25,28)(H,26,27)/t21-/m0/s1. The Labute approximate surface area is 172 Å². The molecule has 2 aromatic carbocycles. The van der Waals surface area contributed by atoms with Crippen molar-refractivity contribution in [3.05, 3.63) is 60.2 Å². The summed E-state index contributed by atoms with van der Waals surface area (Å²) in [7, 11) is 0. The number of anilines is 1. The fraction of sp³-hybridized carbons (Fsp3) is 0.391. The minimum absolute atomic E-state index is 0.0470. The van der Waals surface area contributed by atoms with Gasteiger partial charge in [0.05, 0.1) is 6.61 Å². The van der Waals surface area contributed by atoms with Gasteiger partial charge in [-0.05, 0) is 62.7 Å². The third-order valence-electron chi connectivity index (χ3n) is 5.06. The number of hydrogen-bond acceptors (Lipinski definition) is 4. The molecule has 1 heterocycles. The largest absolute Gasteiger partial charge is 0.494 e. The molecule has 3 rings (SSSR count). The lowest BCUT2D eigenvalue weighted by Crippen LogP contribution is -2.48. The number of amides is 2. The second-order valence-electron chi connectivity index (χ2n) is 7.22. The lowest BCUT2D eigenvalue weighted by atomic mass is 9.96. The summed E-state index contributed by atoms with van der Waals surface area (Å²) >= 11 is 0. The van der Waals surface area contributed by atoms with Crippen LogP contribution in [0.1, 0.15) is 25.3 Å². The number of benzene rings is 2. The molecule has 154 valence electrons. The third kappa shape index (κ3) is 6.32. The van der Waals surface area contributed by atoms with Crippen LogP contribution in [0.2, 0.25) is 0 Å². The molecule has 0 saturated carbocycles. The molecular formula is C23H29N3O3. The molecule has 29 heavy (non-hydrogen) atoms. The first-order chi connectivity index (χ1) is 14.2. The monoisotopic (exact) mass is 395 g/mol. The lowest BCUT2D eigenvalue weighted by Gasteiger charge is -2.25. The van der Waals surface area contributed by atoms with Crippen molar-refractivity contribution >= 4 is 17.5 Å².